The molecule has 120 valence electrons. The van der Waals surface area contributed by atoms with Crippen LogP contribution >= 0.6 is 11.3 Å². The first-order chi connectivity index (χ1) is 11.6. The zero-order valence-electron chi connectivity index (χ0n) is 12.8. The number of hydrazone groups is 1. The van der Waals surface area contributed by atoms with Gasteiger partial charge in [0.05, 0.1) is 18.6 Å². The molecule has 7 nitrogen and oxygen atoms in total. The van der Waals surface area contributed by atoms with Crippen LogP contribution in [0.1, 0.15) is 20.8 Å². The molecule has 3 heterocycles. The summed E-state index contributed by atoms with van der Waals surface area (Å²) in [6.07, 6.45) is 8.20. The van der Waals surface area contributed by atoms with E-state index in [-0.39, 0.29) is 10.8 Å². The first kappa shape index (κ1) is 15.8. The van der Waals surface area contributed by atoms with Gasteiger partial charge in [0, 0.05) is 18.0 Å². The fraction of sp³-hybridized carbons (Fsp3) is 0.0625. The quantitative estimate of drug-likeness (QED) is 0.424. The van der Waals surface area contributed by atoms with Crippen molar-refractivity contribution in [2.75, 3.05) is 0 Å². The number of H-pyrrole nitrogens is 1. The van der Waals surface area contributed by atoms with Crippen LogP contribution in [0.5, 0.6) is 0 Å². The predicted octanol–water partition coefficient (Wildman–Crippen LogP) is 1.18. The molecular formula is C16H14N5O2S+. The second-order valence-corrected chi connectivity index (χ2v) is 5.96. The second kappa shape index (κ2) is 6.97. The molecule has 0 fully saturated rings. The number of aryl methyl sites for hydroxylation is 1. The zero-order valence-corrected chi connectivity index (χ0v) is 13.6. The van der Waals surface area contributed by atoms with E-state index >= 15 is 0 Å². The smallest absolute Gasteiger partial charge is 0.267 e. The molecule has 0 aliphatic rings. The Labute approximate surface area is 141 Å². The van der Waals surface area contributed by atoms with Crippen molar-refractivity contribution >= 4 is 23.5 Å². The van der Waals surface area contributed by atoms with Crippen molar-refractivity contribution in [1.82, 2.24) is 15.4 Å². The number of hydrogen-bond acceptors (Lipinski definition) is 5. The van der Waals surface area contributed by atoms with E-state index in [1.165, 1.54) is 18.6 Å². The SMILES string of the molecule is Cc1cc[n+](-c2[nH]c(=O)sc2C=NNC(=O)c2ccncc2)cc1. The summed E-state index contributed by atoms with van der Waals surface area (Å²) in [6, 6.07) is 7.05. The summed E-state index contributed by atoms with van der Waals surface area (Å²) in [5.41, 5.74) is 4.00. The topological polar surface area (TPSA) is 91.1 Å². The number of thiazole rings is 1. The van der Waals surface area contributed by atoms with Crippen LogP contribution in [0.25, 0.3) is 5.82 Å². The van der Waals surface area contributed by atoms with Crippen LogP contribution in [-0.2, 0) is 0 Å². The number of aromatic amines is 1. The van der Waals surface area contributed by atoms with E-state index in [4.69, 9.17) is 0 Å². The van der Waals surface area contributed by atoms with Crippen molar-refractivity contribution in [2.45, 2.75) is 6.92 Å². The average molecular weight is 340 g/mol. The number of hydrogen-bond donors (Lipinski definition) is 2. The molecule has 0 bridgehead atoms. The number of amides is 1. The van der Waals surface area contributed by atoms with Gasteiger partial charge in [0.25, 0.3) is 5.91 Å². The molecule has 0 aromatic carbocycles. The Morgan fingerprint density at radius 3 is 2.71 bits per heavy atom. The highest BCUT2D eigenvalue weighted by molar-refractivity contribution is 7.11. The van der Waals surface area contributed by atoms with E-state index in [1.807, 2.05) is 31.5 Å². The van der Waals surface area contributed by atoms with Crippen LogP contribution in [0, 0.1) is 6.92 Å². The van der Waals surface area contributed by atoms with Crippen molar-refractivity contribution in [2.24, 2.45) is 5.10 Å². The molecule has 0 unspecified atom stereocenters. The summed E-state index contributed by atoms with van der Waals surface area (Å²) in [7, 11) is 0. The van der Waals surface area contributed by atoms with Gasteiger partial charge in [-0.15, -0.1) is 0 Å². The van der Waals surface area contributed by atoms with Crippen LogP contribution in [0.15, 0.2) is 58.9 Å². The van der Waals surface area contributed by atoms with Crippen LogP contribution < -0.4 is 14.9 Å². The van der Waals surface area contributed by atoms with Crippen LogP contribution in [0.2, 0.25) is 0 Å². The lowest BCUT2D eigenvalue weighted by Crippen LogP contribution is -2.31. The van der Waals surface area contributed by atoms with E-state index in [0.29, 0.717) is 16.3 Å². The molecule has 3 aromatic heterocycles. The molecule has 2 N–H and O–H groups in total. The molecule has 0 spiro atoms. The summed E-state index contributed by atoms with van der Waals surface area (Å²) in [5, 5.41) is 3.93. The molecule has 24 heavy (non-hydrogen) atoms. The molecule has 8 heteroatoms. The number of pyridine rings is 2. The number of rotatable bonds is 4. The fourth-order valence-corrected chi connectivity index (χ4v) is 2.68. The Morgan fingerprint density at radius 1 is 1.29 bits per heavy atom. The van der Waals surface area contributed by atoms with E-state index < -0.39 is 0 Å². The summed E-state index contributed by atoms with van der Waals surface area (Å²) >= 11 is 1.02. The average Bonchev–Trinajstić information content (AvgIpc) is 2.97. The fourth-order valence-electron chi connectivity index (χ4n) is 1.98. The highest BCUT2D eigenvalue weighted by Crippen LogP contribution is 2.06. The maximum Gasteiger partial charge on any atom is 0.390 e. The maximum absolute atomic E-state index is 11.9. The standard InChI is InChI=1S/C16H13N5O2S/c1-11-4-8-21(9-5-11)14-13(24-16(23)19-14)10-18-20-15(22)12-2-6-17-7-3-12/h2-10H,1H3,(H-,17,18,19,20,22,23)/p+1. The Bertz CT molecular complexity index is 929. The van der Waals surface area contributed by atoms with Gasteiger partial charge in [-0.1, -0.05) is 0 Å². The van der Waals surface area contributed by atoms with E-state index in [1.54, 1.807) is 16.7 Å². The minimum atomic E-state index is -0.346. The molecule has 3 rings (SSSR count). The Balaban J connectivity index is 1.79. The summed E-state index contributed by atoms with van der Waals surface area (Å²) < 4.78 is 1.79. The Hall–Kier alpha value is -3.13. The number of nitrogens with one attached hydrogen (secondary N) is 2. The van der Waals surface area contributed by atoms with E-state index in [9.17, 15) is 9.59 Å². The number of carbonyl (C=O) groups is 1. The van der Waals surface area contributed by atoms with Gasteiger partial charge in [0.15, 0.2) is 0 Å². The van der Waals surface area contributed by atoms with E-state index in [0.717, 1.165) is 16.9 Å². The lowest BCUT2D eigenvalue weighted by molar-refractivity contribution is -0.599. The predicted molar refractivity (Wildman–Crippen MR) is 90.5 cm³/mol. The second-order valence-electron chi connectivity index (χ2n) is 4.95. The highest BCUT2D eigenvalue weighted by atomic mass is 32.1. The van der Waals surface area contributed by atoms with Crippen molar-refractivity contribution < 1.29 is 9.36 Å². The molecule has 0 aliphatic heterocycles. The lowest BCUT2D eigenvalue weighted by Gasteiger charge is -1.98. The molecule has 1 amide bonds. The molecule has 0 aliphatic carbocycles. The van der Waals surface area contributed by atoms with Crippen molar-refractivity contribution in [3.63, 3.8) is 0 Å². The zero-order chi connectivity index (χ0) is 16.9. The van der Waals surface area contributed by atoms with Crippen molar-refractivity contribution in [3.8, 4) is 5.82 Å². The number of nitrogens with zero attached hydrogens (tertiary/aromatic N) is 3. The van der Waals surface area contributed by atoms with Gasteiger partial charge >= 0.3 is 10.7 Å². The summed E-state index contributed by atoms with van der Waals surface area (Å²) in [6.45, 7) is 1.98. The summed E-state index contributed by atoms with van der Waals surface area (Å²) in [5.74, 6) is 0.257. The van der Waals surface area contributed by atoms with E-state index in [2.05, 4.69) is 20.5 Å². The third kappa shape index (κ3) is 3.61. The van der Waals surface area contributed by atoms with Gasteiger partial charge < -0.3 is 0 Å². The number of aromatic nitrogens is 3. The highest BCUT2D eigenvalue weighted by Gasteiger charge is 2.16. The van der Waals surface area contributed by atoms with Crippen LogP contribution in [0.3, 0.4) is 0 Å². The molecule has 0 radical (unpaired) electrons. The minimum Gasteiger partial charge on any atom is -0.267 e. The molecule has 0 saturated carbocycles. The van der Waals surface area contributed by atoms with Gasteiger partial charge in [0.2, 0.25) is 0 Å². The first-order valence-corrected chi connectivity index (χ1v) is 7.90. The third-order valence-corrected chi connectivity index (χ3v) is 4.01. The molecule has 0 saturated heterocycles. The van der Waals surface area contributed by atoms with Gasteiger partial charge in [0.1, 0.15) is 4.88 Å². The van der Waals surface area contributed by atoms with Crippen molar-refractivity contribution in [3.05, 3.63) is 74.7 Å². The molecule has 3 aromatic rings. The largest absolute Gasteiger partial charge is 0.390 e. The Morgan fingerprint density at radius 2 is 2.00 bits per heavy atom. The van der Waals surface area contributed by atoms with Crippen LogP contribution in [0.4, 0.5) is 0 Å². The third-order valence-electron chi connectivity index (χ3n) is 3.20. The normalized spacial score (nSPS) is 10.9. The molecule has 0 atom stereocenters. The summed E-state index contributed by atoms with van der Waals surface area (Å²) in [4.78, 5) is 30.6. The van der Waals surface area contributed by atoms with Gasteiger partial charge in [-0.25, -0.2) is 14.8 Å². The van der Waals surface area contributed by atoms with Crippen LogP contribution in [-0.4, -0.2) is 22.1 Å². The van der Waals surface area contributed by atoms with Gasteiger partial charge in [-0.05, 0) is 48.1 Å². The van der Waals surface area contributed by atoms with Crippen molar-refractivity contribution in [1.29, 1.82) is 0 Å². The maximum atomic E-state index is 11.9. The number of carbonyl (C=O) groups excluding carboxylic acids is 1. The Kier molecular flexibility index (Phi) is 4.57. The lowest BCUT2D eigenvalue weighted by atomic mass is 10.3. The molecular weight excluding hydrogens is 326 g/mol. The van der Waals surface area contributed by atoms with Gasteiger partial charge in [-0.3, -0.25) is 9.78 Å². The minimum absolute atomic E-state index is 0.194. The monoisotopic (exact) mass is 340 g/mol. The van der Waals surface area contributed by atoms with Gasteiger partial charge in [-0.2, -0.15) is 10.1 Å². The first-order valence-electron chi connectivity index (χ1n) is 7.08.